The molecule has 0 radical (unpaired) electrons. The van der Waals surface area contributed by atoms with Crippen LogP contribution in [0.4, 0.5) is 11.6 Å². The number of ether oxygens (including phenoxy) is 4. The summed E-state index contributed by atoms with van der Waals surface area (Å²) in [5, 5.41) is 18.2. The first-order valence-electron chi connectivity index (χ1n) is 10.1. The topological polar surface area (TPSA) is 122 Å². The second kappa shape index (κ2) is 9.48. The molecule has 0 spiro atoms. The summed E-state index contributed by atoms with van der Waals surface area (Å²) in [6.07, 6.45) is 0. The number of amides is 1. The maximum Gasteiger partial charge on any atom is 0.255 e. The average molecular weight is 487 g/mol. The second-order valence-corrected chi connectivity index (χ2v) is 7.68. The molecule has 0 unspecified atom stereocenters. The summed E-state index contributed by atoms with van der Waals surface area (Å²) in [7, 11) is 6.07. The maximum atomic E-state index is 13.6. The predicted molar refractivity (Wildman–Crippen MR) is 125 cm³/mol. The van der Waals surface area contributed by atoms with Crippen molar-refractivity contribution in [2.75, 3.05) is 39.1 Å². The molecule has 34 heavy (non-hydrogen) atoms. The molecule has 1 aromatic heterocycles. The summed E-state index contributed by atoms with van der Waals surface area (Å²) in [5.74, 6) is 1.85. The van der Waals surface area contributed by atoms with Gasteiger partial charge in [0.15, 0.2) is 11.5 Å². The number of carbonyl (C=O) groups excluding carboxylic acids is 1. The van der Waals surface area contributed by atoms with Crippen molar-refractivity contribution in [1.29, 1.82) is 0 Å². The Kier molecular flexibility index (Phi) is 6.46. The van der Waals surface area contributed by atoms with E-state index in [-0.39, 0.29) is 0 Å². The van der Waals surface area contributed by atoms with Gasteiger partial charge in [0, 0.05) is 17.8 Å². The van der Waals surface area contributed by atoms with Crippen LogP contribution >= 0.6 is 11.6 Å². The van der Waals surface area contributed by atoms with Gasteiger partial charge in [0.1, 0.15) is 17.5 Å². The van der Waals surface area contributed by atoms with Crippen LogP contribution in [0.25, 0.3) is 0 Å². The van der Waals surface area contributed by atoms with Crippen molar-refractivity contribution in [3.05, 3.63) is 52.2 Å². The quantitative estimate of drug-likeness (QED) is 0.518. The molecule has 1 aliphatic rings. The van der Waals surface area contributed by atoms with Crippen molar-refractivity contribution in [1.82, 2.24) is 20.2 Å². The van der Waals surface area contributed by atoms with Gasteiger partial charge < -0.3 is 29.6 Å². The van der Waals surface area contributed by atoms with Crippen molar-refractivity contribution in [3.63, 3.8) is 0 Å². The van der Waals surface area contributed by atoms with Gasteiger partial charge in [0.25, 0.3) is 5.91 Å². The molecular weight excluding hydrogens is 464 g/mol. The number of carbonyl (C=O) groups is 1. The third-order valence-corrected chi connectivity index (χ3v) is 5.70. The summed E-state index contributed by atoms with van der Waals surface area (Å²) in [6, 6.07) is 7.90. The molecule has 0 aliphatic carbocycles. The molecule has 12 heteroatoms. The summed E-state index contributed by atoms with van der Waals surface area (Å²) < 4.78 is 23.0. The van der Waals surface area contributed by atoms with Gasteiger partial charge in [0.05, 0.1) is 44.7 Å². The molecule has 0 saturated carbocycles. The second-order valence-electron chi connectivity index (χ2n) is 7.27. The zero-order chi connectivity index (χ0) is 24.4. The number of methoxy groups -OCH3 is 4. The van der Waals surface area contributed by atoms with Crippen LogP contribution < -0.4 is 29.6 Å². The van der Waals surface area contributed by atoms with Gasteiger partial charge in [-0.2, -0.15) is 4.68 Å². The molecule has 1 atom stereocenters. The lowest BCUT2D eigenvalue weighted by atomic mass is 9.94. The van der Waals surface area contributed by atoms with Gasteiger partial charge in [-0.25, -0.2) is 0 Å². The summed E-state index contributed by atoms with van der Waals surface area (Å²) in [5.41, 5.74) is 2.09. The van der Waals surface area contributed by atoms with Gasteiger partial charge in [0.2, 0.25) is 5.95 Å². The van der Waals surface area contributed by atoms with Crippen LogP contribution in [0.3, 0.4) is 0 Å². The first kappa shape index (κ1) is 23.2. The van der Waals surface area contributed by atoms with Crippen LogP contribution in [-0.2, 0) is 4.79 Å². The number of nitrogens with one attached hydrogen (secondary N) is 2. The van der Waals surface area contributed by atoms with E-state index < -0.39 is 11.9 Å². The number of halogens is 1. The fourth-order valence-electron chi connectivity index (χ4n) is 3.79. The molecule has 0 fully saturated rings. The van der Waals surface area contributed by atoms with Gasteiger partial charge in [-0.15, -0.1) is 0 Å². The zero-order valence-electron chi connectivity index (χ0n) is 19.2. The molecular formula is C22H23ClN6O5. The standard InChI is InChI=1S/C22H23ClN6O5/c1-11-19(21(30)25-14-10-16(32-3)13(23)9-17(14)33-4)20(29-22(24-11)26-27-28-29)12-6-7-15(31-2)18(8-12)34-5/h6-10,20H,1-5H3,(H,25,30)(H,24,26,28)/t20-/m1/s1. The molecule has 1 amide bonds. The predicted octanol–water partition coefficient (Wildman–Crippen LogP) is 3.29. The minimum atomic E-state index is -0.647. The first-order valence-corrected chi connectivity index (χ1v) is 10.5. The number of anilines is 2. The Morgan fingerprint density at radius 2 is 1.71 bits per heavy atom. The Labute approximate surface area is 200 Å². The number of allylic oxidation sites excluding steroid dienone is 1. The zero-order valence-corrected chi connectivity index (χ0v) is 19.9. The molecule has 4 rings (SSSR count). The molecule has 2 heterocycles. The van der Waals surface area contributed by atoms with Crippen molar-refractivity contribution in [2.24, 2.45) is 0 Å². The minimum absolute atomic E-state index is 0.355. The largest absolute Gasteiger partial charge is 0.495 e. The number of benzene rings is 2. The normalized spacial score (nSPS) is 14.7. The number of tetrazole rings is 1. The monoisotopic (exact) mass is 486 g/mol. The minimum Gasteiger partial charge on any atom is -0.495 e. The van der Waals surface area contributed by atoms with E-state index in [9.17, 15) is 4.79 Å². The van der Waals surface area contributed by atoms with Crippen LogP contribution in [0.5, 0.6) is 23.0 Å². The molecule has 2 N–H and O–H groups in total. The lowest BCUT2D eigenvalue weighted by Gasteiger charge is -2.28. The molecule has 1 aliphatic heterocycles. The highest BCUT2D eigenvalue weighted by atomic mass is 35.5. The van der Waals surface area contributed by atoms with Crippen molar-refractivity contribution < 1.29 is 23.7 Å². The van der Waals surface area contributed by atoms with Gasteiger partial charge >= 0.3 is 0 Å². The van der Waals surface area contributed by atoms with E-state index in [0.29, 0.717) is 50.9 Å². The molecule has 2 aromatic carbocycles. The van der Waals surface area contributed by atoms with Crippen molar-refractivity contribution in [2.45, 2.75) is 13.0 Å². The van der Waals surface area contributed by atoms with E-state index in [4.69, 9.17) is 30.5 Å². The lowest BCUT2D eigenvalue weighted by Crippen LogP contribution is -2.31. The Hall–Kier alpha value is -3.99. The van der Waals surface area contributed by atoms with Gasteiger partial charge in [-0.05, 0) is 35.0 Å². The van der Waals surface area contributed by atoms with E-state index in [1.165, 1.54) is 18.9 Å². The highest BCUT2D eigenvalue weighted by Gasteiger charge is 2.35. The van der Waals surface area contributed by atoms with Crippen LogP contribution in [-0.4, -0.2) is 54.6 Å². The number of hydrogen-bond donors (Lipinski definition) is 2. The third kappa shape index (κ3) is 4.05. The van der Waals surface area contributed by atoms with E-state index in [0.717, 1.165) is 5.56 Å². The first-order chi connectivity index (χ1) is 16.4. The molecule has 0 saturated heterocycles. The van der Waals surface area contributed by atoms with E-state index in [1.54, 1.807) is 45.4 Å². The third-order valence-electron chi connectivity index (χ3n) is 5.40. The van der Waals surface area contributed by atoms with Crippen LogP contribution in [0.15, 0.2) is 41.6 Å². The number of fused-ring (bicyclic) bond motifs is 1. The molecule has 178 valence electrons. The number of nitrogens with zero attached hydrogens (tertiary/aromatic N) is 4. The number of hydrogen-bond acceptors (Lipinski definition) is 9. The smallest absolute Gasteiger partial charge is 0.255 e. The molecule has 0 bridgehead atoms. The van der Waals surface area contributed by atoms with E-state index >= 15 is 0 Å². The van der Waals surface area contributed by atoms with Crippen LogP contribution in [0, 0.1) is 0 Å². The molecule has 3 aromatic rings. The van der Waals surface area contributed by atoms with Crippen LogP contribution in [0.2, 0.25) is 5.02 Å². The Morgan fingerprint density at radius 3 is 2.38 bits per heavy atom. The highest BCUT2D eigenvalue weighted by molar-refractivity contribution is 6.32. The van der Waals surface area contributed by atoms with Crippen molar-refractivity contribution >= 4 is 29.1 Å². The Morgan fingerprint density at radius 1 is 1.00 bits per heavy atom. The maximum absolute atomic E-state index is 13.6. The Bertz CT molecular complexity index is 1270. The SMILES string of the molecule is COc1cc(NC(=O)C2=C(C)Nc3nnnn3[C@@H]2c2ccc(OC)c(OC)c2)c(OC)cc1Cl. The van der Waals surface area contributed by atoms with Crippen molar-refractivity contribution in [3.8, 4) is 23.0 Å². The Balaban J connectivity index is 1.79. The summed E-state index contributed by atoms with van der Waals surface area (Å²) >= 11 is 6.20. The fraction of sp³-hybridized carbons (Fsp3) is 0.273. The van der Waals surface area contributed by atoms with Crippen LogP contribution in [0.1, 0.15) is 18.5 Å². The van der Waals surface area contributed by atoms with Gasteiger partial charge in [-0.1, -0.05) is 22.8 Å². The number of rotatable bonds is 7. The van der Waals surface area contributed by atoms with E-state index in [2.05, 4.69) is 26.2 Å². The van der Waals surface area contributed by atoms with E-state index in [1.807, 2.05) is 6.07 Å². The average Bonchev–Trinajstić information content (AvgIpc) is 3.31. The number of aromatic nitrogens is 4. The molecule has 11 nitrogen and oxygen atoms in total. The fourth-order valence-corrected chi connectivity index (χ4v) is 4.02. The summed E-state index contributed by atoms with van der Waals surface area (Å²) in [4.78, 5) is 13.6. The summed E-state index contributed by atoms with van der Waals surface area (Å²) in [6.45, 7) is 1.78. The lowest BCUT2D eigenvalue weighted by molar-refractivity contribution is -0.113. The van der Waals surface area contributed by atoms with Gasteiger partial charge in [-0.3, -0.25) is 4.79 Å². The highest BCUT2D eigenvalue weighted by Crippen LogP contribution is 2.40.